The van der Waals surface area contributed by atoms with E-state index in [1.165, 1.54) is 7.11 Å². The minimum absolute atomic E-state index is 0.000309. The molecule has 1 aromatic heterocycles. The summed E-state index contributed by atoms with van der Waals surface area (Å²) in [6.07, 6.45) is 4.33. The van der Waals surface area contributed by atoms with Crippen molar-refractivity contribution in [3.8, 4) is 17.0 Å². The number of carbonyl (C=O) groups excluding carboxylic acids is 2. The predicted molar refractivity (Wildman–Crippen MR) is 136 cm³/mol. The van der Waals surface area contributed by atoms with Crippen molar-refractivity contribution in [1.29, 1.82) is 0 Å². The van der Waals surface area contributed by atoms with Crippen LogP contribution in [0.5, 0.6) is 5.75 Å². The maximum Gasteiger partial charge on any atom is 0.308 e. The Labute approximate surface area is 212 Å². The molecule has 2 atom stereocenters. The molecule has 1 amide bonds. The number of nitrogens with zero attached hydrogens (tertiary/aromatic N) is 4. The number of carbonyl (C=O) groups is 2. The molecular formula is C28H34N4O4. The van der Waals surface area contributed by atoms with Crippen LogP contribution in [0.4, 0.5) is 0 Å². The molecule has 0 saturated heterocycles. The van der Waals surface area contributed by atoms with Crippen LogP contribution in [0, 0.1) is 5.92 Å². The van der Waals surface area contributed by atoms with Gasteiger partial charge in [-0.05, 0) is 55.5 Å². The summed E-state index contributed by atoms with van der Waals surface area (Å²) in [5, 5.41) is 8.56. The number of rotatable bonds is 9. The van der Waals surface area contributed by atoms with E-state index in [0.29, 0.717) is 25.8 Å². The smallest absolute Gasteiger partial charge is 0.308 e. The Morgan fingerprint density at radius 2 is 1.83 bits per heavy atom. The van der Waals surface area contributed by atoms with Crippen molar-refractivity contribution in [3.05, 3.63) is 65.9 Å². The number of esters is 1. The van der Waals surface area contributed by atoms with Crippen LogP contribution in [0.1, 0.15) is 43.4 Å². The molecule has 2 aromatic carbocycles. The molecule has 3 aromatic rings. The molecule has 190 valence electrons. The van der Waals surface area contributed by atoms with Crippen LogP contribution in [0.25, 0.3) is 11.3 Å². The fraction of sp³-hybridized carbons (Fsp3) is 0.429. The van der Waals surface area contributed by atoms with Crippen molar-refractivity contribution in [2.45, 2.75) is 51.2 Å². The lowest BCUT2D eigenvalue weighted by Gasteiger charge is -2.28. The number of methoxy groups -OCH3 is 1. The van der Waals surface area contributed by atoms with Gasteiger partial charge in [0.15, 0.2) is 0 Å². The van der Waals surface area contributed by atoms with Crippen LogP contribution >= 0.6 is 0 Å². The summed E-state index contributed by atoms with van der Waals surface area (Å²) in [5.41, 5.74) is 3.71. The SMILES string of the molecule is COC(=O)[C@H]1CCC[C@H](Oc2ccc(-c3nnn(C)c3CCC(=O)N(C)Cc3ccccc3)cc2)C1. The maximum absolute atomic E-state index is 12.8. The van der Waals surface area contributed by atoms with E-state index in [-0.39, 0.29) is 23.9 Å². The van der Waals surface area contributed by atoms with Gasteiger partial charge in [-0.1, -0.05) is 35.5 Å². The highest BCUT2D eigenvalue weighted by Crippen LogP contribution is 2.30. The standard InChI is InChI=1S/C28H34N4O4/c1-31(19-20-8-5-4-6-9-20)26(33)17-16-25-27(29-30-32(25)2)21-12-14-23(15-13-21)36-24-11-7-10-22(18-24)28(34)35-3/h4-6,8-9,12-15,22,24H,7,10-11,16-19H2,1-3H3/t22-,24-/m0/s1. The fourth-order valence-corrected chi connectivity index (χ4v) is 4.76. The highest BCUT2D eigenvalue weighted by Gasteiger charge is 2.29. The van der Waals surface area contributed by atoms with E-state index in [1.54, 1.807) is 9.58 Å². The second kappa shape index (κ2) is 11.8. The van der Waals surface area contributed by atoms with Crippen molar-refractivity contribution < 1.29 is 19.1 Å². The zero-order chi connectivity index (χ0) is 25.5. The average Bonchev–Trinajstić information content (AvgIpc) is 3.28. The Kier molecular flexibility index (Phi) is 8.36. The van der Waals surface area contributed by atoms with Crippen LogP contribution in [-0.4, -0.2) is 52.0 Å². The van der Waals surface area contributed by atoms with E-state index < -0.39 is 0 Å². The monoisotopic (exact) mass is 490 g/mol. The van der Waals surface area contributed by atoms with Crippen LogP contribution in [0.2, 0.25) is 0 Å². The lowest BCUT2D eigenvalue weighted by Crippen LogP contribution is -2.30. The molecule has 1 aliphatic rings. The van der Waals surface area contributed by atoms with Gasteiger partial charge in [-0.2, -0.15) is 0 Å². The van der Waals surface area contributed by atoms with E-state index in [2.05, 4.69) is 10.3 Å². The first-order valence-electron chi connectivity index (χ1n) is 12.5. The first-order valence-corrected chi connectivity index (χ1v) is 12.5. The lowest BCUT2D eigenvalue weighted by molar-refractivity contribution is -0.147. The molecule has 8 heteroatoms. The predicted octanol–water partition coefficient (Wildman–Crippen LogP) is 4.18. The Hall–Kier alpha value is -3.68. The Morgan fingerprint density at radius 1 is 1.08 bits per heavy atom. The lowest BCUT2D eigenvalue weighted by atomic mass is 9.87. The third-order valence-corrected chi connectivity index (χ3v) is 6.80. The van der Waals surface area contributed by atoms with Gasteiger partial charge in [0, 0.05) is 39.0 Å². The van der Waals surface area contributed by atoms with Gasteiger partial charge in [0.05, 0.1) is 24.8 Å². The van der Waals surface area contributed by atoms with Crippen LogP contribution in [0.15, 0.2) is 54.6 Å². The topological polar surface area (TPSA) is 86.5 Å². The first-order chi connectivity index (χ1) is 17.4. The number of amides is 1. The summed E-state index contributed by atoms with van der Waals surface area (Å²) in [5.74, 6) is 0.591. The van der Waals surface area contributed by atoms with Gasteiger partial charge >= 0.3 is 5.97 Å². The summed E-state index contributed by atoms with van der Waals surface area (Å²) >= 11 is 0. The van der Waals surface area contributed by atoms with Gasteiger partial charge in [-0.3, -0.25) is 14.3 Å². The quantitative estimate of drug-likeness (QED) is 0.418. The van der Waals surface area contributed by atoms with E-state index in [9.17, 15) is 9.59 Å². The zero-order valence-electron chi connectivity index (χ0n) is 21.2. The molecule has 0 aliphatic heterocycles. The van der Waals surface area contributed by atoms with Gasteiger partial charge in [-0.25, -0.2) is 0 Å². The minimum atomic E-state index is -0.154. The third kappa shape index (κ3) is 6.30. The highest BCUT2D eigenvalue weighted by molar-refractivity contribution is 5.76. The number of hydrogen-bond donors (Lipinski definition) is 0. The Bertz CT molecular complexity index is 1160. The van der Waals surface area contributed by atoms with Crippen LogP contribution in [0.3, 0.4) is 0 Å². The molecular weight excluding hydrogens is 456 g/mol. The number of aromatic nitrogens is 3. The number of aryl methyl sites for hydroxylation is 1. The van der Waals surface area contributed by atoms with Gasteiger partial charge in [0.1, 0.15) is 11.4 Å². The second-order valence-electron chi connectivity index (χ2n) is 9.39. The summed E-state index contributed by atoms with van der Waals surface area (Å²) in [6.45, 7) is 0.582. The van der Waals surface area contributed by atoms with Gasteiger partial charge in [0.2, 0.25) is 5.91 Å². The van der Waals surface area contributed by atoms with Crippen molar-refractivity contribution in [2.75, 3.05) is 14.2 Å². The average molecular weight is 491 g/mol. The molecule has 0 bridgehead atoms. The van der Waals surface area contributed by atoms with Gasteiger partial charge in [-0.15, -0.1) is 5.10 Å². The third-order valence-electron chi connectivity index (χ3n) is 6.80. The molecule has 1 saturated carbocycles. The highest BCUT2D eigenvalue weighted by atomic mass is 16.5. The molecule has 1 aliphatic carbocycles. The second-order valence-corrected chi connectivity index (χ2v) is 9.39. The number of benzene rings is 2. The molecule has 4 rings (SSSR count). The summed E-state index contributed by atoms with van der Waals surface area (Å²) < 4.78 is 12.8. The fourth-order valence-electron chi connectivity index (χ4n) is 4.76. The molecule has 0 radical (unpaired) electrons. The Morgan fingerprint density at radius 3 is 2.56 bits per heavy atom. The van der Waals surface area contributed by atoms with Gasteiger partial charge in [0.25, 0.3) is 0 Å². The van der Waals surface area contributed by atoms with Crippen molar-refractivity contribution in [1.82, 2.24) is 19.9 Å². The molecule has 36 heavy (non-hydrogen) atoms. The van der Waals surface area contributed by atoms with E-state index >= 15 is 0 Å². The summed E-state index contributed by atoms with van der Waals surface area (Å²) in [7, 11) is 5.11. The first kappa shape index (κ1) is 25.4. The summed E-state index contributed by atoms with van der Waals surface area (Å²) in [4.78, 5) is 26.4. The van der Waals surface area contributed by atoms with Crippen molar-refractivity contribution in [2.24, 2.45) is 13.0 Å². The molecule has 1 heterocycles. The molecule has 0 N–H and O–H groups in total. The van der Waals surface area contributed by atoms with Crippen molar-refractivity contribution in [3.63, 3.8) is 0 Å². The van der Waals surface area contributed by atoms with Gasteiger partial charge < -0.3 is 14.4 Å². The van der Waals surface area contributed by atoms with E-state index in [0.717, 1.165) is 47.5 Å². The van der Waals surface area contributed by atoms with E-state index in [1.807, 2.05) is 68.7 Å². The molecule has 0 unspecified atom stereocenters. The summed E-state index contributed by atoms with van der Waals surface area (Å²) in [6, 6.07) is 17.7. The zero-order valence-corrected chi connectivity index (χ0v) is 21.2. The molecule has 0 spiro atoms. The van der Waals surface area contributed by atoms with Crippen LogP contribution in [-0.2, 0) is 34.3 Å². The largest absolute Gasteiger partial charge is 0.490 e. The van der Waals surface area contributed by atoms with Crippen molar-refractivity contribution >= 4 is 11.9 Å². The maximum atomic E-state index is 12.8. The minimum Gasteiger partial charge on any atom is -0.490 e. The molecule has 1 fully saturated rings. The van der Waals surface area contributed by atoms with E-state index in [4.69, 9.17) is 9.47 Å². The normalized spacial score (nSPS) is 17.4. The Balaban J connectivity index is 1.36. The number of ether oxygens (including phenoxy) is 2. The van der Waals surface area contributed by atoms with Crippen LogP contribution < -0.4 is 4.74 Å². The number of hydrogen-bond acceptors (Lipinski definition) is 6. The molecule has 8 nitrogen and oxygen atoms in total.